The van der Waals surface area contributed by atoms with E-state index in [1.54, 1.807) is 6.07 Å². The monoisotopic (exact) mass is 416 g/mol. The molecule has 0 saturated heterocycles. The van der Waals surface area contributed by atoms with Crippen LogP contribution in [0.3, 0.4) is 0 Å². The third-order valence-corrected chi connectivity index (χ3v) is 3.23. The minimum Gasteiger partial charge on any atom is -0.410 e. The summed E-state index contributed by atoms with van der Waals surface area (Å²) in [5, 5.41) is 11.9. The Morgan fingerprint density at radius 3 is 2.07 bits per heavy atom. The Balaban J connectivity index is 0.000000238. The fraction of sp³-hybridized carbons (Fsp3) is 0.167. The van der Waals surface area contributed by atoms with Gasteiger partial charge < -0.3 is 10.2 Å². The largest absolute Gasteiger partial charge is 0.437 e. The van der Waals surface area contributed by atoms with Gasteiger partial charge in [-0.1, -0.05) is 47.6 Å². The lowest BCUT2D eigenvalue weighted by atomic mass is 10.0. The third kappa shape index (κ3) is 8.23. The average molecular weight is 416 g/mol. The lowest BCUT2D eigenvalue weighted by Crippen LogP contribution is -2.24. The molecule has 0 radical (unpaired) electrons. The van der Waals surface area contributed by atoms with E-state index in [1.165, 1.54) is 36.0 Å². The van der Waals surface area contributed by atoms with Gasteiger partial charge in [0.25, 0.3) is 10.1 Å². The number of nitrogens with one attached hydrogen (secondary N) is 1. The molecule has 1 aromatic heterocycles. The van der Waals surface area contributed by atoms with Crippen molar-refractivity contribution in [3.8, 4) is 0 Å². The molecule has 3 aromatic rings. The number of nitrogens with zero attached hydrogens (tertiary/aromatic N) is 1. The van der Waals surface area contributed by atoms with Crippen molar-refractivity contribution >= 4 is 26.7 Å². The van der Waals surface area contributed by atoms with Crippen molar-refractivity contribution in [1.82, 2.24) is 4.98 Å². The number of aromatic amines is 1. The fourth-order valence-electron chi connectivity index (χ4n) is 2.10. The van der Waals surface area contributed by atoms with Crippen LogP contribution < -0.4 is 0 Å². The van der Waals surface area contributed by atoms with Crippen molar-refractivity contribution in [3.63, 3.8) is 0 Å². The van der Waals surface area contributed by atoms with Crippen molar-refractivity contribution in [1.29, 1.82) is 0 Å². The highest BCUT2D eigenvalue weighted by molar-refractivity contribution is 7.85. The zero-order valence-corrected chi connectivity index (χ0v) is 15.8. The molecule has 0 unspecified atom stereocenters. The second-order valence-corrected chi connectivity index (χ2v) is 7.03. The molecule has 0 bridgehead atoms. The lowest BCUT2D eigenvalue weighted by molar-refractivity contribution is -0.0601. The topological polar surface area (TPSA) is 103 Å². The molecule has 0 atom stereocenters. The number of rotatable bonds is 1. The number of oxime groups is 1. The predicted octanol–water partition coefficient (Wildman–Crippen LogP) is 4.41. The van der Waals surface area contributed by atoms with Crippen LogP contribution in [-0.2, 0) is 10.1 Å². The molecule has 10 heteroatoms. The van der Waals surface area contributed by atoms with Crippen molar-refractivity contribution in [2.45, 2.75) is 13.1 Å². The van der Waals surface area contributed by atoms with Gasteiger partial charge in [0.2, 0.25) is 0 Å². The van der Waals surface area contributed by atoms with Crippen LogP contribution in [0.25, 0.3) is 10.9 Å². The Bertz CT molecular complexity index is 990. The highest BCUT2D eigenvalue weighted by Gasteiger charge is 2.38. The molecule has 0 amide bonds. The molecule has 6 nitrogen and oxygen atoms in total. The van der Waals surface area contributed by atoms with E-state index in [0.29, 0.717) is 11.8 Å². The van der Waals surface area contributed by atoms with Gasteiger partial charge in [-0.25, -0.2) is 0 Å². The number of hydrogen-bond donors (Lipinski definition) is 3. The third-order valence-electron chi connectivity index (χ3n) is 3.23. The Labute approximate surface area is 160 Å². The maximum atomic E-state index is 12.3. The van der Waals surface area contributed by atoms with E-state index in [2.05, 4.69) is 28.3 Å². The van der Waals surface area contributed by atoms with Gasteiger partial charge in [-0.15, -0.1) is 0 Å². The summed E-state index contributed by atoms with van der Waals surface area (Å²) in [6.07, 6.45) is -1.97. The summed E-state index contributed by atoms with van der Waals surface area (Å²) < 4.78 is 62.8. The second kappa shape index (κ2) is 9.90. The quantitative estimate of drug-likeness (QED) is 0.237. The number of aromatic nitrogens is 1. The fourth-order valence-corrected chi connectivity index (χ4v) is 2.10. The molecule has 2 aromatic carbocycles. The number of benzene rings is 2. The van der Waals surface area contributed by atoms with Crippen molar-refractivity contribution in [2.75, 3.05) is 6.26 Å². The Morgan fingerprint density at radius 1 is 1.04 bits per heavy atom. The van der Waals surface area contributed by atoms with E-state index in [4.69, 9.17) is 9.76 Å². The van der Waals surface area contributed by atoms with E-state index in [1.807, 2.05) is 18.3 Å². The summed E-state index contributed by atoms with van der Waals surface area (Å²) in [6.45, 7) is 1.52. The zero-order chi connectivity index (χ0) is 21.4. The first-order chi connectivity index (χ1) is 12.9. The second-order valence-electron chi connectivity index (χ2n) is 5.56. The molecule has 0 aliphatic heterocycles. The van der Waals surface area contributed by atoms with Gasteiger partial charge in [-0.2, -0.15) is 21.6 Å². The molecule has 0 aliphatic rings. The molecule has 1 heterocycles. The Kier molecular flexibility index (Phi) is 8.20. The van der Waals surface area contributed by atoms with E-state index in [0.717, 1.165) is 0 Å². The summed E-state index contributed by atoms with van der Waals surface area (Å²) >= 11 is 0. The van der Waals surface area contributed by atoms with Gasteiger partial charge >= 0.3 is 6.18 Å². The molecular weight excluding hydrogens is 397 g/mol. The number of hydrogen-bond acceptors (Lipinski definition) is 4. The van der Waals surface area contributed by atoms with Crippen LogP contribution in [0.5, 0.6) is 0 Å². The van der Waals surface area contributed by atoms with Gasteiger partial charge in [-0.3, -0.25) is 4.55 Å². The maximum Gasteiger partial charge on any atom is 0.437 e. The average Bonchev–Trinajstić information content (AvgIpc) is 3.04. The molecule has 0 aliphatic carbocycles. The van der Waals surface area contributed by atoms with Crippen LogP contribution in [0.15, 0.2) is 65.9 Å². The molecule has 28 heavy (non-hydrogen) atoms. The van der Waals surface area contributed by atoms with Crippen LogP contribution in [-0.4, -0.2) is 41.3 Å². The number of alkyl halides is 3. The first-order valence-corrected chi connectivity index (χ1v) is 9.58. The SMILES string of the molecule is CS(=O)(=O)O.Cc1ccccc1C(=NO)C(F)(F)F.c1ccc2[nH]ccc2c1. The smallest absolute Gasteiger partial charge is 0.410 e. The van der Waals surface area contributed by atoms with E-state index >= 15 is 0 Å². The standard InChI is InChI=1S/C9H8F3NO.C8H7N.CH4O3S/c1-6-4-2-3-5-7(6)8(13-14)9(10,11)12;1-2-4-8-7(3-1)5-6-9-8;1-5(2,3)4/h2-5,14H,1H3;1-6,9H;1H3,(H,2,3,4). The molecular formula is C18H19F3N2O4S. The Hall–Kier alpha value is -2.85. The first-order valence-electron chi connectivity index (χ1n) is 7.73. The van der Waals surface area contributed by atoms with E-state index in [-0.39, 0.29) is 5.56 Å². The van der Waals surface area contributed by atoms with Crippen LogP contribution in [0.1, 0.15) is 11.1 Å². The van der Waals surface area contributed by atoms with Gasteiger partial charge in [0.05, 0.1) is 6.26 Å². The number of fused-ring (bicyclic) bond motifs is 1. The van der Waals surface area contributed by atoms with Gasteiger partial charge in [0.15, 0.2) is 5.71 Å². The molecule has 0 saturated carbocycles. The van der Waals surface area contributed by atoms with E-state index < -0.39 is 22.0 Å². The van der Waals surface area contributed by atoms with Crippen molar-refractivity contribution in [3.05, 3.63) is 71.9 Å². The van der Waals surface area contributed by atoms with E-state index in [9.17, 15) is 21.6 Å². The summed E-state index contributed by atoms with van der Waals surface area (Å²) in [6, 6.07) is 16.1. The zero-order valence-electron chi connectivity index (χ0n) is 15.0. The van der Waals surface area contributed by atoms with Crippen molar-refractivity contribution < 1.29 is 31.3 Å². The van der Waals surface area contributed by atoms with Crippen LogP contribution in [0.2, 0.25) is 0 Å². The van der Waals surface area contributed by atoms with Gasteiger partial charge in [-0.05, 0) is 30.0 Å². The molecule has 0 fully saturated rings. The first kappa shape index (κ1) is 23.2. The van der Waals surface area contributed by atoms with Crippen LogP contribution in [0.4, 0.5) is 13.2 Å². The number of H-pyrrole nitrogens is 1. The summed E-state index contributed by atoms with van der Waals surface area (Å²) in [7, 11) is -3.67. The maximum absolute atomic E-state index is 12.3. The summed E-state index contributed by atoms with van der Waals surface area (Å²) in [5.74, 6) is 0. The number of para-hydroxylation sites is 1. The van der Waals surface area contributed by atoms with Crippen molar-refractivity contribution in [2.24, 2.45) is 5.16 Å². The van der Waals surface area contributed by atoms with Crippen LogP contribution >= 0.6 is 0 Å². The predicted molar refractivity (Wildman–Crippen MR) is 101 cm³/mol. The molecule has 3 N–H and O–H groups in total. The lowest BCUT2D eigenvalue weighted by Gasteiger charge is -2.10. The highest BCUT2D eigenvalue weighted by Crippen LogP contribution is 2.24. The van der Waals surface area contributed by atoms with Gasteiger partial charge in [0.1, 0.15) is 0 Å². The number of aryl methyl sites for hydroxylation is 1. The summed E-state index contributed by atoms with van der Waals surface area (Å²) in [5.41, 5.74) is 0.244. The molecule has 3 rings (SSSR count). The molecule has 0 spiro atoms. The number of halogens is 3. The Morgan fingerprint density at radius 2 is 1.57 bits per heavy atom. The minimum absolute atomic E-state index is 0.109. The highest BCUT2D eigenvalue weighted by atomic mass is 32.2. The normalized spacial score (nSPS) is 11.9. The summed E-state index contributed by atoms with van der Waals surface area (Å²) in [4.78, 5) is 3.12. The van der Waals surface area contributed by atoms with Gasteiger partial charge in [0, 0.05) is 17.3 Å². The minimum atomic E-state index is -4.64. The van der Waals surface area contributed by atoms with Crippen LogP contribution in [0, 0.1) is 6.92 Å². The molecule has 152 valence electrons.